The highest BCUT2D eigenvalue weighted by atomic mass is 15.2. The number of piperidine rings is 2. The lowest BCUT2D eigenvalue weighted by atomic mass is 9.99. The maximum Gasteiger partial charge on any atom is 0.0218 e. The van der Waals surface area contributed by atoms with Gasteiger partial charge in [0.2, 0.25) is 0 Å². The standard InChI is InChI=1S/C14H29N3/c1-16-10-4-3-6-13(16)8-11-17(2)14-7-5-9-15-12-14/h13-15H,3-12H2,1-2H3. The van der Waals surface area contributed by atoms with E-state index >= 15 is 0 Å². The molecular formula is C14H29N3. The molecule has 2 aliphatic rings. The smallest absolute Gasteiger partial charge is 0.0218 e. The molecule has 3 heteroatoms. The van der Waals surface area contributed by atoms with Gasteiger partial charge in [0.1, 0.15) is 0 Å². The molecule has 2 heterocycles. The van der Waals surface area contributed by atoms with E-state index in [2.05, 4.69) is 29.2 Å². The highest BCUT2D eigenvalue weighted by Crippen LogP contribution is 2.18. The van der Waals surface area contributed by atoms with E-state index in [1.807, 2.05) is 0 Å². The summed E-state index contributed by atoms with van der Waals surface area (Å²) >= 11 is 0. The van der Waals surface area contributed by atoms with Gasteiger partial charge in [0.05, 0.1) is 0 Å². The van der Waals surface area contributed by atoms with Crippen LogP contribution in [-0.4, -0.2) is 62.2 Å². The Morgan fingerprint density at radius 2 is 2.12 bits per heavy atom. The van der Waals surface area contributed by atoms with Crippen molar-refractivity contribution in [1.29, 1.82) is 0 Å². The molecule has 0 saturated carbocycles. The molecule has 17 heavy (non-hydrogen) atoms. The van der Waals surface area contributed by atoms with Crippen molar-refractivity contribution in [3.05, 3.63) is 0 Å². The van der Waals surface area contributed by atoms with E-state index in [0.717, 1.165) is 12.1 Å². The van der Waals surface area contributed by atoms with Gasteiger partial charge in [-0.25, -0.2) is 0 Å². The Morgan fingerprint density at radius 3 is 2.82 bits per heavy atom. The average molecular weight is 239 g/mol. The van der Waals surface area contributed by atoms with Crippen LogP contribution in [0.25, 0.3) is 0 Å². The summed E-state index contributed by atoms with van der Waals surface area (Å²) in [5.41, 5.74) is 0. The van der Waals surface area contributed by atoms with E-state index in [-0.39, 0.29) is 0 Å². The van der Waals surface area contributed by atoms with Gasteiger partial charge >= 0.3 is 0 Å². The SMILES string of the molecule is CN1CCCCC1CCN(C)C1CCCNC1. The van der Waals surface area contributed by atoms with Crippen LogP contribution >= 0.6 is 0 Å². The summed E-state index contributed by atoms with van der Waals surface area (Å²) in [7, 11) is 4.60. The third-order valence-corrected chi connectivity index (χ3v) is 4.63. The van der Waals surface area contributed by atoms with E-state index in [1.54, 1.807) is 0 Å². The minimum atomic E-state index is 0.776. The second-order valence-electron chi connectivity index (χ2n) is 5.90. The predicted molar refractivity (Wildman–Crippen MR) is 73.4 cm³/mol. The molecular weight excluding hydrogens is 210 g/mol. The molecule has 3 nitrogen and oxygen atoms in total. The van der Waals surface area contributed by atoms with Crippen LogP contribution in [0.2, 0.25) is 0 Å². The maximum absolute atomic E-state index is 3.51. The number of hydrogen-bond acceptors (Lipinski definition) is 3. The number of likely N-dealkylation sites (tertiary alicyclic amines) is 1. The third kappa shape index (κ3) is 3.94. The molecule has 2 fully saturated rings. The van der Waals surface area contributed by atoms with Crippen molar-refractivity contribution in [1.82, 2.24) is 15.1 Å². The highest BCUT2D eigenvalue weighted by Gasteiger charge is 2.21. The van der Waals surface area contributed by atoms with Crippen LogP contribution < -0.4 is 5.32 Å². The first-order chi connectivity index (χ1) is 8.27. The summed E-state index contributed by atoms with van der Waals surface area (Å²) in [5.74, 6) is 0. The lowest BCUT2D eigenvalue weighted by Crippen LogP contribution is -2.46. The zero-order valence-corrected chi connectivity index (χ0v) is 11.6. The van der Waals surface area contributed by atoms with Crippen molar-refractivity contribution < 1.29 is 0 Å². The molecule has 0 radical (unpaired) electrons. The topological polar surface area (TPSA) is 18.5 Å². The van der Waals surface area contributed by atoms with Gasteiger partial charge in [-0.05, 0) is 65.8 Å². The molecule has 2 rings (SSSR count). The first kappa shape index (κ1) is 13.3. The van der Waals surface area contributed by atoms with E-state index in [9.17, 15) is 0 Å². The second-order valence-corrected chi connectivity index (χ2v) is 5.90. The van der Waals surface area contributed by atoms with Crippen molar-refractivity contribution in [2.24, 2.45) is 0 Å². The first-order valence-corrected chi connectivity index (χ1v) is 7.38. The van der Waals surface area contributed by atoms with E-state index in [1.165, 1.54) is 64.7 Å². The average Bonchev–Trinajstić information content (AvgIpc) is 2.38. The summed E-state index contributed by atoms with van der Waals surface area (Å²) in [6, 6.07) is 1.61. The molecule has 2 unspecified atom stereocenters. The molecule has 2 saturated heterocycles. The van der Waals surface area contributed by atoms with E-state index in [0.29, 0.717) is 0 Å². The van der Waals surface area contributed by atoms with Gasteiger partial charge in [0, 0.05) is 18.6 Å². The van der Waals surface area contributed by atoms with Crippen LogP contribution in [0.3, 0.4) is 0 Å². The van der Waals surface area contributed by atoms with Gasteiger partial charge in [-0.2, -0.15) is 0 Å². The summed E-state index contributed by atoms with van der Waals surface area (Å²) in [6.07, 6.45) is 8.32. The van der Waals surface area contributed by atoms with Crippen LogP contribution in [0.15, 0.2) is 0 Å². The van der Waals surface area contributed by atoms with Crippen LogP contribution in [-0.2, 0) is 0 Å². The largest absolute Gasteiger partial charge is 0.315 e. The zero-order chi connectivity index (χ0) is 12.1. The number of rotatable bonds is 4. The lowest BCUT2D eigenvalue weighted by Gasteiger charge is -2.36. The Labute approximate surface area is 107 Å². The van der Waals surface area contributed by atoms with Crippen LogP contribution in [0.5, 0.6) is 0 Å². The Morgan fingerprint density at radius 1 is 1.24 bits per heavy atom. The summed E-state index contributed by atoms with van der Waals surface area (Å²) in [4.78, 5) is 5.14. The summed E-state index contributed by atoms with van der Waals surface area (Å²) in [6.45, 7) is 4.98. The Kier molecular flexibility index (Phi) is 5.26. The van der Waals surface area contributed by atoms with E-state index in [4.69, 9.17) is 0 Å². The number of likely N-dealkylation sites (N-methyl/N-ethyl adjacent to an activating group) is 1. The van der Waals surface area contributed by atoms with E-state index < -0.39 is 0 Å². The molecule has 0 aromatic carbocycles. The maximum atomic E-state index is 3.51. The third-order valence-electron chi connectivity index (χ3n) is 4.63. The van der Waals surface area contributed by atoms with Gasteiger partial charge in [-0.1, -0.05) is 6.42 Å². The first-order valence-electron chi connectivity index (χ1n) is 7.38. The zero-order valence-electron chi connectivity index (χ0n) is 11.6. The van der Waals surface area contributed by atoms with Gasteiger partial charge in [0.15, 0.2) is 0 Å². The molecule has 1 N–H and O–H groups in total. The van der Waals surface area contributed by atoms with Crippen molar-refractivity contribution >= 4 is 0 Å². The molecule has 0 aromatic heterocycles. The molecule has 0 spiro atoms. The minimum Gasteiger partial charge on any atom is -0.315 e. The second kappa shape index (κ2) is 6.72. The summed E-state index contributed by atoms with van der Waals surface area (Å²) < 4.78 is 0. The van der Waals surface area contributed by atoms with Crippen molar-refractivity contribution in [2.45, 2.75) is 50.6 Å². The normalized spacial score (nSPS) is 31.9. The van der Waals surface area contributed by atoms with Gasteiger partial charge in [-0.15, -0.1) is 0 Å². The van der Waals surface area contributed by atoms with Crippen LogP contribution in [0.4, 0.5) is 0 Å². The molecule has 0 aliphatic carbocycles. The van der Waals surface area contributed by atoms with Crippen molar-refractivity contribution in [2.75, 3.05) is 40.3 Å². The molecule has 0 bridgehead atoms. The highest BCUT2D eigenvalue weighted by molar-refractivity contribution is 4.79. The van der Waals surface area contributed by atoms with Gasteiger partial charge < -0.3 is 15.1 Å². The monoisotopic (exact) mass is 239 g/mol. The van der Waals surface area contributed by atoms with Gasteiger partial charge in [-0.3, -0.25) is 0 Å². The minimum absolute atomic E-state index is 0.776. The molecule has 100 valence electrons. The van der Waals surface area contributed by atoms with Crippen molar-refractivity contribution in [3.63, 3.8) is 0 Å². The Balaban J connectivity index is 1.69. The molecule has 2 aliphatic heterocycles. The van der Waals surface area contributed by atoms with Crippen LogP contribution in [0.1, 0.15) is 38.5 Å². The van der Waals surface area contributed by atoms with Gasteiger partial charge in [0.25, 0.3) is 0 Å². The Hall–Kier alpha value is -0.120. The fourth-order valence-electron chi connectivity index (χ4n) is 3.25. The summed E-state index contributed by atoms with van der Waals surface area (Å²) in [5, 5.41) is 3.51. The molecule has 2 atom stereocenters. The number of hydrogen-bond donors (Lipinski definition) is 1. The molecule has 0 aromatic rings. The number of nitrogens with one attached hydrogen (secondary N) is 1. The fraction of sp³-hybridized carbons (Fsp3) is 1.00. The predicted octanol–water partition coefficient (Wildman–Crippen LogP) is 1.54. The Bertz CT molecular complexity index is 214. The fourth-order valence-corrected chi connectivity index (χ4v) is 3.25. The number of nitrogens with zero attached hydrogens (tertiary/aromatic N) is 2. The quantitative estimate of drug-likeness (QED) is 0.803. The van der Waals surface area contributed by atoms with Crippen LogP contribution in [0, 0.1) is 0 Å². The van der Waals surface area contributed by atoms with Crippen molar-refractivity contribution in [3.8, 4) is 0 Å². The lowest BCUT2D eigenvalue weighted by molar-refractivity contribution is 0.140. The molecule has 0 amide bonds.